The molecule has 0 bridgehead atoms. The zero-order valence-electron chi connectivity index (χ0n) is 14.3. The Morgan fingerprint density at radius 1 is 1.12 bits per heavy atom. The van der Waals surface area contributed by atoms with Crippen LogP contribution in [0.4, 0.5) is 10.8 Å². The first-order chi connectivity index (χ1) is 12.1. The van der Waals surface area contributed by atoms with Crippen LogP contribution >= 0.6 is 11.3 Å². The molecule has 1 amide bonds. The van der Waals surface area contributed by atoms with Gasteiger partial charge in [-0.3, -0.25) is 9.69 Å². The number of benzene rings is 2. The van der Waals surface area contributed by atoms with E-state index in [2.05, 4.69) is 29.4 Å². The van der Waals surface area contributed by atoms with Crippen LogP contribution in [0, 0.1) is 0 Å². The molecule has 0 aliphatic carbocycles. The number of carbonyl (C=O) groups excluding carboxylic acids is 1. The predicted molar refractivity (Wildman–Crippen MR) is 103 cm³/mol. The summed E-state index contributed by atoms with van der Waals surface area (Å²) in [7, 11) is 0. The van der Waals surface area contributed by atoms with Crippen molar-refractivity contribution in [1.29, 1.82) is 0 Å². The number of carbonyl (C=O) groups is 1. The van der Waals surface area contributed by atoms with Crippen LogP contribution in [0.3, 0.4) is 0 Å². The molecule has 0 saturated heterocycles. The van der Waals surface area contributed by atoms with Crippen molar-refractivity contribution in [3.05, 3.63) is 77.3 Å². The van der Waals surface area contributed by atoms with E-state index in [0.29, 0.717) is 11.7 Å². The first-order valence-corrected chi connectivity index (χ1v) is 9.11. The molecule has 0 unspecified atom stereocenters. The smallest absolute Gasteiger partial charge is 0.230 e. The Bertz CT molecular complexity index is 817. The summed E-state index contributed by atoms with van der Waals surface area (Å²) in [6, 6.07) is 20.2. The Kier molecular flexibility index (Phi) is 5.58. The highest BCUT2D eigenvalue weighted by Crippen LogP contribution is 2.28. The summed E-state index contributed by atoms with van der Waals surface area (Å²) in [6.45, 7) is 4.35. The molecule has 0 aliphatic heterocycles. The maximum atomic E-state index is 12.1. The van der Waals surface area contributed by atoms with Crippen molar-refractivity contribution in [3.63, 3.8) is 0 Å². The van der Waals surface area contributed by atoms with Gasteiger partial charge in [-0.05, 0) is 24.6 Å². The number of amides is 1. The normalized spacial score (nSPS) is 11.9. The van der Waals surface area contributed by atoms with Crippen LogP contribution in [0.15, 0.2) is 66.0 Å². The lowest BCUT2D eigenvalue weighted by Crippen LogP contribution is -2.23. The molecule has 128 valence electrons. The Balaban J connectivity index is 1.70. The molecular formula is C20H21N3OS. The summed E-state index contributed by atoms with van der Waals surface area (Å²) in [4.78, 5) is 18.4. The Morgan fingerprint density at radius 2 is 1.76 bits per heavy atom. The number of hydrogen-bond acceptors (Lipinski definition) is 4. The highest BCUT2D eigenvalue weighted by Gasteiger charge is 2.17. The molecule has 0 spiro atoms. The molecule has 0 saturated carbocycles. The van der Waals surface area contributed by atoms with E-state index in [4.69, 9.17) is 0 Å². The number of thiazole rings is 1. The van der Waals surface area contributed by atoms with Crippen LogP contribution in [0.2, 0.25) is 0 Å². The SMILES string of the molecule is CC(=O)N(c1ccccc1)c1nc(CN[C@@H](C)c2ccccc2)cs1. The minimum Gasteiger partial charge on any atom is -0.305 e. The van der Waals surface area contributed by atoms with Crippen molar-refractivity contribution in [2.24, 2.45) is 0 Å². The van der Waals surface area contributed by atoms with Gasteiger partial charge in [0.05, 0.1) is 11.4 Å². The maximum absolute atomic E-state index is 12.1. The van der Waals surface area contributed by atoms with Crippen LogP contribution in [-0.2, 0) is 11.3 Å². The number of aromatic nitrogens is 1. The first kappa shape index (κ1) is 17.3. The zero-order chi connectivity index (χ0) is 17.6. The molecular weight excluding hydrogens is 330 g/mol. The van der Waals surface area contributed by atoms with Crippen molar-refractivity contribution in [2.45, 2.75) is 26.4 Å². The molecule has 5 heteroatoms. The second-order valence-electron chi connectivity index (χ2n) is 5.82. The predicted octanol–water partition coefficient (Wildman–Crippen LogP) is 4.68. The maximum Gasteiger partial charge on any atom is 0.230 e. The van der Waals surface area contributed by atoms with Gasteiger partial charge in [0.15, 0.2) is 5.13 Å². The lowest BCUT2D eigenvalue weighted by molar-refractivity contribution is -0.115. The molecule has 1 N–H and O–H groups in total. The van der Waals surface area contributed by atoms with Gasteiger partial charge in [-0.1, -0.05) is 48.5 Å². The monoisotopic (exact) mass is 351 g/mol. The van der Waals surface area contributed by atoms with E-state index in [1.165, 1.54) is 16.9 Å². The van der Waals surface area contributed by atoms with Crippen LogP contribution in [0.1, 0.15) is 31.1 Å². The van der Waals surface area contributed by atoms with Gasteiger partial charge >= 0.3 is 0 Å². The summed E-state index contributed by atoms with van der Waals surface area (Å²) in [6.07, 6.45) is 0. The summed E-state index contributed by atoms with van der Waals surface area (Å²) in [5, 5.41) is 6.17. The van der Waals surface area contributed by atoms with Crippen molar-refractivity contribution >= 4 is 28.1 Å². The van der Waals surface area contributed by atoms with E-state index in [9.17, 15) is 4.79 Å². The number of anilines is 2. The third-order valence-corrected chi connectivity index (χ3v) is 4.82. The van der Waals surface area contributed by atoms with Gasteiger partial charge in [-0.2, -0.15) is 0 Å². The topological polar surface area (TPSA) is 45.2 Å². The van der Waals surface area contributed by atoms with Crippen molar-refractivity contribution in [1.82, 2.24) is 10.3 Å². The molecule has 1 atom stereocenters. The van der Waals surface area contributed by atoms with E-state index < -0.39 is 0 Å². The van der Waals surface area contributed by atoms with E-state index in [1.807, 2.05) is 53.9 Å². The zero-order valence-corrected chi connectivity index (χ0v) is 15.2. The fourth-order valence-electron chi connectivity index (χ4n) is 2.60. The summed E-state index contributed by atoms with van der Waals surface area (Å²) < 4.78 is 0. The summed E-state index contributed by atoms with van der Waals surface area (Å²) >= 11 is 1.48. The summed E-state index contributed by atoms with van der Waals surface area (Å²) in [5.41, 5.74) is 3.01. The largest absolute Gasteiger partial charge is 0.305 e. The quantitative estimate of drug-likeness (QED) is 0.701. The van der Waals surface area contributed by atoms with Crippen molar-refractivity contribution in [2.75, 3.05) is 4.90 Å². The number of nitrogens with one attached hydrogen (secondary N) is 1. The van der Waals surface area contributed by atoms with Gasteiger partial charge < -0.3 is 5.32 Å². The number of nitrogens with zero attached hydrogens (tertiary/aromatic N) is 2. The average molecular weight is 351 g/mol. The molecule has 0 aliphatic rings. The number of para-hydroxylation sites is 1. The van der Waals surface area contributed by atoms with Crippen LogP contribution in [0.25, 0.3) is 0 Å². The lowest BCUT2D eigenvalue weighted by atomic mass is 10.1. The Labute approximate surface area is 152 Å². The Hall–Kier alpha value is -2.50. The fraction of sp³-hybridized carbons (Fsp3) is 0.200. The molecule has 3 rings (SSSR count). The second-order valence-corrected chi connectivity index (χ2v) is 6.66. The molecule has 1 heterocycles. The number of rotatable bonds is 6. The minimum atomic E-state index is -0.0438. The Morgan fingerprint density at radius 3 is 2.40 bits per heavy atom. The lowest BCUT2D eigenvalue weighted by Gasteiger charge is -2.17. The summed E-state index contributed by atoms with van der Waals surface area (Å²) in [5.74, 6) is -0.0438. The third kappa shape index (κ3) is 4.32. The first-order valence-electron chi connectivity index (χ1n) is 8.23. The molecule has 4 nitrogen and oxygen atoms in total. The van der Waals surface area contributed by atoms with Crippen LogP contribution < -0.4 is 10.2 Å². The molecule has 25 heavy (non-hydrogen) atoms. The van der Waals surface area contributed by atoms with E-state index in [-0.39, 0.29) is 11.9 Å². The van der Waals surface area contributed by atoms with E-state index in [0.717, 1.165) is 11.4 Å². The molecule has 0 radical (unpaired) electrons. The second kappa shape index (κ2) is 8.05. The third-order valence-electron chi connectivity index (χ3n) is 3.95. The standard InChI is InChI=1S/C20H21N3OS/c1-15(17-9-5-3-6-10-17)21-13-18-14-25-20(22-18)23(16(2)24)19-11-7-4-8-12-19/h3-12,14-15,21H,13H2,1-2H3/t15-/m0/s1. The van der Waals surface area contributed by atoms with E-state index in [1.54, 1.807) is 11.8 Å². The van der Waals surface area contributed by atoms with Gasteiger partial charge in [0.2, 0.25) is 5.91 Å². The molecule has 3 aromatic rings. The fourth-order valence-corrected chi connectivity index (χ4v) is 3.49. The van der Waals surface area contributed by atoms with Gasteiger partial charge in [0.25, 0.3) is 0 Å². The van der Waals surface area contributed by atoms with Gasteiger partial charge in [-0.15, -0.1) is 11.3 Å². The highest BCUT2D eigenvalue weighted by molar-refractivity contribution is 7.14. The van der Waals surface area contributed by atoms with Gasteiger partial charge in [0, 0.05) is 24.9 Å². The van der Waals surface area contributed by atoms with Crippen molar-refractivity contribution < 1.29 is 4.79 Å². The van der Waals surface area contributed by atoms with E-state index >= 15 is 0 Å². The van der Waals surface area contributed by atoms with Crippen LogP contribution in [-0.4, -0.2) is 10.9 Å². The molecule has 0 fully saturated rings. The highest BCUT2D eigenvalue weighted by atomic mass is 32.1. The average Bonchev–Trinajstić information content (AvgIpc) is 3.09. The number of hydrogen-bond donors (Lipinski definition) is 1. The molecule has 1 aromatic heterocycles. The van der Waals surface area contributed by atoms with Crippen molar-refractivity contribution in [3.8, 4) is 0 Å². The molecule has 2 aromatic carbocycles. The van der Waals surface area contributed by atoms with Gasteiger partial charge in [-0.25, -0.2) is 4.98 Å². The van der Waals surface area contributed by atoms with Gasteiger partial charge in [0.1, 0.15) is 0 Å². The van der Waals surface area contributed by atoms with Crippen LogP contribution in [0.5, 0.6) is 0 Å². The minimum absolute atomic E-state index is 0.0438.